The second-order valence-electron chi connectivity index (χ2n) is 7.94. The maximum Gasteiger partial charge on any atom is 0.193 e. The van der Waals surface area contributed by atoms with Crippen molar-refractivity contribution >= 4 is 41.3 Å². The topological polar surface area (TPSA) is 73.9 Å². The van der Waals surface area contributed by atoms with Crippen LogP contribution in [0.1, 0.15) is 36.0 Å². The highest BCUT2D eigenvalue weighted by Gasteiger charge is 2.18. The van der Waals surface area contributed by atoms with Gasteiger partial charge in [0.25, 0.3) is 0 Å². The Bertz CT molecular complexity index is 829. The van der Waals surface area contributed by atoms with Crippen LogP contribution in [-0.4, -0.2) is 30.8 Å². The van der Waals surface area contributed by atoms with Gasteiger partial charge in [0.1, 0.15) is 0 Å². The van der Waals surface area contributed by atoms with Crippen molar-refractivity contribution in [2.75, 3.05) is 29.9 Å². The Balaban J connectivity index is 0.00000240. The third-order valence-electron chi connectivity index (χ3n) is 5.98. The number of rotatable bonds is 5. The molecule has 0 unspecified atom stereocenters. The molecule has 4 N–H and O–H groups in total. The molecule has 1 aliphatic carbocycles. The molecule has 2 aromatic rings. The van der Waals surface area contributed by atoms with E-state index in [-0.39, 0.29) is 24.0 Å². The van der Waals surface area contributed by atoms with E-state index < -0.39 is 0 Å². The van der Waals surface area contributed by atoms with Gasteiger partial charge in [0, 0.05) is 31.1 Å². The summed E-state index contributed by atoms with van der Waals surface area (Å²) in [5.41, 5.74) is 12.4. The first-order valence-electron chi connectivity index (χ1n) is 10.3. The highest BCUT2D eigenvalue weighted by molar-refractivity contribution is 14.0. The number of aryl methyl sites for hydroxylation is 2. The zero-order valence-electron chi connectivity index (χ0n) is 16.8. The van der Waals surface area contributed by atoms with Crippen LogP contribution in [0.2, 0.25) is 0 Å². The predicted molar refractivity (Wildman–Crippen MR) is 131 cm³/mol. The van der Waals surface area contributed by atoms with Gasteiger partial charge in [-0.2, -0.15) is 0 Å². The van der Waals surface area contributed by atoms with Crippen LogP contribution in [0.5, 0.6) is 0 Å². The van der Waals surface area contributed by atoms with Gasteiger partial charge in [-0.05, 0) is 79.0 Å². The smallest absolute Gasteiger partial charge is 0.193 e. The number of fused-ring (bicyclic) bond motifs is 1. The zero-order chi connectivity index (χ0) is 19.3. The monoisotopic (exact) mass is 506 g/mol. The van der Waals surface area contributed by atoms with E-state index in [9.17, 15) is 5.11 Å². The highest BCUT2D eigenvalue weighted by Crippen LogP contribution is 2.25. The number of hydrogen-bond acceptors (Lipinski definition) is 3. The maximum absolute atomic E-state index is 9.28. The van der Waals surface area contributed by atoms with Gasteiger partial charge in [-0.25, -0.2) is 4.99 Å². The van der Waals surface area contributed by atoms with Crippen molar-refractivity contribution in [1.82, 2.24) is 0 Å². The number of nitrogens with zero attached hydrogens (tertiary/aromatic N) is 2. The molecule has 0 spiro atoms. The van der Waals surface area contributed by atoms with E-state index in [1.54, 1.807) is 0 Å². The van der Waals surface area contributed by atoms with E-state index in [1.165, 1.54) is 29.7 Å². The van der Waals surface area contributed by atoms with Gasteiger partial charge in [-0.3, -0.25) is 0 Å². The summed E-state index contributed by atoms with van der Waals surface area (Å²) in [5, 5.41) is 12.5. The first kappa shape index (κ1) is 21.9. The minimum absolute atomic E-state index is 0. The summed E-state index contributed by atoms with van der Waals surface area (Å²) in [6, 6.07) is 15.0. The van der Waals surface area contributed by atoms with Crippen molar-refractivity contribution in [2.45, 2.75) is 38.6 Å². The third-order valence-corrected chi connectivity index (χ3v) is 5.98. The second-order valence-corrected chi connectivity index (χ2v) is 7.94. The first-order valence-corrected chi connectivity index (χ1v) is 10.3. The van der Waals surface area contributed by atoms with Crippen LogP contribution in [-0.2, 0) is 19.4 Å². The SMILES string of the molecule is I.NC(=NCc1ccc(N2CCC(CO)CC2)cc1)Nc1ccc2c(c1)CCC2. The maximum atomic E-state index is 9.28. The molecule has 156 valence electrons. The summed E-state index contributed by atoms with van der Waals surface area (Å²) in [5.74, 6) is 0.916. The van der Waals surface area contributed by atoms with Crippen molar-refractivity contribution in [3.05, 3.63) is 59.2 Å². The van der Waals surface area contributed by atoms with E-state index in [2.05, 4.69) is 57.7 Å². The minimum Gasteiger partial charge on any atom is -0.396 e. The molecule has 1 heterocycles. The summed E-state index contributed by atoms with van der Waals surface area (Å²) < 4.78 is 0. The van der Waals surface area contributed by atoms with Crippen LogP contribution < -0.4 is 16.0 Å². The lowest BCUT2D eigenvalue weighted by Gasteiger charge is -2.32. The van der Waals surface area contributed by atoms with Crippen molar-refractivity contribution in [3.63, 3.8) is 0 Å². The molecule has 4 rings (SSSR count). The number of benzene rings is 2. The molecule has 1 aliphatic heterocycles. The molecule has 1 fully saturated rings. The number of guanidine groups is 1. The largest absolute Gasteiger partial charge is 0.396 e. The van der Waals surface area contributed by atoms with E-state index in [1.807, 2.05) is 0 Å². The van der Waals surface area contributed by atoms with Crippen LogP contribution in [0.15, 0.2) is 47.5 Å². The number of aliphatic hydroxyl groups is 1. The summed E-state index contributed by atoms with van der Waals surface area (Å²) in [6.45, 7) is 2.91. The summed E-state index contributed by atoms with van der Waals surface area (Å²) in [7, 11) is 0. The summed E-state index contributed by atoms with van der Waals surface area (Å²) in [4.78, 5) is 6.88. The predicted octanol–water partition coefficient (Wildman–Crippen LogP) is 3.93. The molecule has 0 bridgehead atoms. The van der Waals surface area contributed by atoms with E-state index in [0.717, 1.165) is 43.6 Å². The lowest BCUT2D eigenvalue weighted by atomic mass is 9.97. The molecule has 6 heteroatoms. The number of aliphatic hydroxyl groups excluding tert-OH is 1. The van der Waals surface area contributed by atoms with Crippen molar-refractivity contribution in [1.29, 1.82) is 0 Å². The molecule has 1 saturated heterocycles. The number of nitrogens with one attached hydrogen (secondary N) is 1. The average molecular weight is 506 g/mol. The first-order chi connectivity index (χ1) is 13.7. The van der Waals surface area contributed by atoms with Crippen molar-refractivity contribution in [2.24, 2.45) is 16.6 Å². The van der Waals surface area contributed by atoms with Gasteiger partial charge >= 0.3 is 0 Å². The van der Waals surface area contributed by atoms with Crippen molar-refractivity contribution < 1.29 is 5.11 Å². The van der Waals surface area contributed by atoms with Crippen LogP contribution in [0.4, 0.5) is 11.4 Å². The molecule has 2 aromatic carbocycles. The molecule has 0 radical (unpaired) electrons. The Kier molecular flexibility index (Phi) is 7.77. The van der Waals surface area contributed by atoms with E-state index in [0.29, 0.717) is 25.0 Å². The van der Waals surface area contributed by atoms with Gasteiger partial charge < -0.3 is 21.1 Å². The van der Waals surface area contributed by atoms with E-state index >= 15 is 0 Å². The zero-order valence-corrected chi connectivity index (χ0v) is 19.1. The normalized spacial score (nSPS) is 17.0. The molecule has 0 atom stereocenters. The molecular weight excluding hydrogens is 475 g/mol. The molecule has 5 nitrogen and oxygen atoms in total. The third kappa shape index (κ3) is 5.63. The van der Waals surface area contributed by atoms with Gasteiger partial charge in [-0.15, -0.1) is 24.0 Å². The molecule has 0 aromatic heterocycles. The highest BCUT2D eigenvalue weighted by atomic mass is 127. The Hall–Kier alpha value is -1.80. The van der Waals surface area contributed by atoms with E-state index in [4.69, 9.17) is 5.73 Å². The summed E-state index contributed by atoms with van der Waals surface area (Å²) >= 11 is 0. The summed E-state index contributed by atoms with van der Waals surface area (Å²) in [6.07, 6.45) is 5.72. The van der Waals surface area contributed by atoms with Crippen LogP contribution in [0.25, 0.3) is 0 Å². The number of nitrogens with two attached hydrogens (primary N) is 1. The van der Waals surface area contributed by atoms with Gasteiger partial charge in [-0.1, -0.05) is 18.2 Å². The van der Waals surface area contributed by atoms with Gasteiger partial charge in [0.15, 0.2) is 5.96 Å². The quantitative estimate of drug-likeness (QED) is 0.327. The van der Waals surface area contributed by atoms with Crippen LogP contribution in [0, 0.1) is 5.92 Å². The fraction of sp³-hybridized carbons (Fsp3) is 0.435. The van der Waals surface area contributed by atoms with Crippen LogP contribution >= 0.6 is 24.0 Å². The Morgan fingerprint density at radius 1 is 1.07 bits per heavy atom. The Morgan fingerprint density at radius 2 is 1.79 bits per heavy atom. The van der Waals surface area contributed by atoms with Gasteiger partial charge in [0.05, 0.1) is 6.54 Å². The lowest BCUT2D eigenvalue weighted by molar-refractivity contribution is 0.203. The standard InChI is InChI=1S/C23H30N4O.HI/c24-23(26-21-7-6-19-2-1-3-20(19)14-21)25-15-17-4-8-22(9-5-17)27-12-10-18(16-28)11-13-27;/h4-9,14,18,28H,1-3,10-13,15-16H2,(H3,24,25,26);1H. The fourth-order valence-corrected chi connectivity index (χ4v) is 4.20. The lowest BCUT2D eigenvalue weighted by Crippen LogP contribution is -2.34. The number of halogens is 1. The molecular formula is C23H31IN4O. The number of aliphatic imine (C=N–C) groups is 1. The number of piperidine rings is 1. The average Bonchev–Trinajstić information content (AvgIpc) is 3.21. The number of hydrogen-bond donors (Lipinski definition) is 3. The molecule has 2 aliphatic rings. The Morgan fingerprint density at radius 3 is 2.52 bits per heavy atom. The minimum atomic E-state index is 0. The molecule has 0 saturated carbocycles. The Labute approximate surface area is 190 Å². The fourth-order valence-electron chi connectivity index (χ4n) is 4.20. The number of anilines is 2. The van der Waals surface area contributed by atoms with Gasteiger partial charge in [0.2, 0.25) is 0 Å². The molecule has 0 amide bonds. The molecule has 29 heavy (non-hydrogen) atoms. The second kappa shape index (κ2) is 10.3. The van der Waals surface area contributed by atoms with Crippen LogP contribution in [0.3, 0.4) is 0 Å². The van der Waals surface area contributed by atoms with Crippen molar-refractivity contribution in [3.8, 4) is 0 Å².